The molecular weight excluding hydrogens is 622 g/mol. The molecule has 0 saturated carbocycles. The van der Waals surface area contributed by atoms with Crippen molar-refractivity contribution in [1.82, 2.24) is 14.7 Å². The van der Waals surface area contributed by atoms with Crippen LogP contribution < -0.4 is 10.6 Å². The molecule has 48 heavy (non-hydrogen) atoms. The Morgan fingerprint density at radius 1 is 1.06 bits per heavy atom. The molecule has 258 valence electrons. The highest BCUT2D eigenvalue weighted by Gasteiger charge is 2.63. The molecule has 0 unspecified atom stereocenters. The van der Waals surface area contributed by atoms with E-state index in [2.05, 4.69) is 9.80 Å². The Kier molecular flexibility index (Phi) is 8.67. The number of aliphatic hydroxyl groups is 4. The van der Waals surface area contributed by atoms with Crippen molar-refractivity contribution >= 4 is 23.2 Å². The molecule has 3 aliphatic carbocycles. The van der Waals surface area contributed by atoms with Gasteiger partial charge in [0.05, 0.1) is 30.3 Å². The number of likely N-dealkylation sites (N-methyl/N-ethyl adjacent to an activating group) is 1. The van der Waals surface area contributed by atoms with E-state index >= 15 is 0 Å². The molecule has 1 aromatic heterocycles. The van der Waals surface area contributed by atoms with Gasteiger partial charge in [0.1, 0.15) is 34.4 Å². The number of nitrogens with two attached hydrogens (primary N) is 1. The van der Waals surface area contributed by atoms with Gasteiger partial charge in [-0.1, -0.05) is 0 Å². The van der Waals surface area contributed by atoms with Gasteiger partial charge < -0.3 is 40.6 Å². The van der Waals surface area contributed by atoms with Gasteiger partial charge >= 0.3 is 0 Å². The smallest absolute Gasteiger partial charge is 0.255 e. The predicted molar refractivity (Wildman–Crippen MR) is 175 cm³/mol. The Hall–Kier alpha value is -4.21. The lowest BCUT2D eigenvalue weighted by Gasteiger charge is -2.50. The van der Waals surface area contributed by atoms with Crippen molar-refractivity contribution in [3.05, 3.63) is 57.8 Å². The number of allylic oxidation sites excluding steroid dienone is 1. The summed E-state index contributed by atoms with van der Waals surface area (Å²) in [5, 5.41) is 55.5. The highest BCUT2D eigenvalue weighted by Crippen LogP contribution is 2.54. The summed E-state index contributed by atoms with van der Waals surface area (Å²) >= 11 is 0. The lowest BCUT2D eigenvalue weighted by molar-refractivity contribution is -0.148. The molecule has 1 saturated heterocycles. The van der Waals surface area contributed by atoms with Gasteiger partial charge in [0, 0.05) is 64.0 Å². The van der Waals surface area contributed by atoms with Crippen LogP contribution in [0, 0.1) is 11.8 Å². The van der Waals surface area contributed by atoms with Gasteiger partial charge in [-0.15, -0.1) is 0 Å². The number of primary amides is 1. The SMILES string of the molecule is CN(C)c1cc(-c2ccc(CN3CCN(CCO)CC3)o2)c(O)c2c1C[C@@H]1C[C@@H]3[C@@H](N(C)C)C(O)=C(C(N)=O)C(=O)[C@]3(O)C(O)=C1C2=O. The number of aliphatic hydroxyl groups excluding tert-OH is 3. The van der Waals surface area contributed by atoms with Gasteiger partial charge in [-0.25, -0.2) is 0 Å². The van der Waals surface area contributed by atoms with Gasteiger partial charge in [0.15, 0.2) is 11.4 Å². The minimum atomic E-state index is -2.71. The van der Waals surface area contributed by atoms with Crippen LogP contribution in [0.25, 0.3) is 11.3 Å². The van der Waals surface area contributed by atoms with E-state index < -0.39 is 58.0 Å². The van der Waals surface area contributed by atoms with Crippen molar-refractivity contribution in [2.45, 2.75) is 31.0 Å². The number of anilines is 1. The molecule has 4 aliphatic rings. The van der Waals surface area contributed by atoms with Crippen molar-refractivity contribution in [2.75, 3.05) is 72.4 Å². The third kappa shape index (κ3) is 5.19. The number of furan rings is 1. The number of ketones is 2. The highest BCUT2D eigenvalue weighted by atomic mass is 16.4. The third-order valence-corrected chi connectivity index (χ3v) is 10.4. The summed E-state index contributed by atoms with van der Waals surface area (Å²) in [6, 6.07) is 4.25. The summed E-state index contributed by atoms with van der Waals surface area (Å²) in [7, 11) is 6.81. The van der Waals surface area contributed by atoms with Gasteiger partial charge in [0.2, 0.25) is 5.78 Å². The Labute approximate surface area is 277 Å². The van der Waals surface area contributed by atoms with Crippen LogP contribution in [0.15, 0.2) is 45.3 Å². The predicted octanol–water partition coefficient (Wildman–Crippen LogP) is 0.557. The number of phenols is 1. The van der Waals surface area contributed by atoms with Crippen LogP contribution in [-0.4, -0.2) is 137 Å². The normalized spacial score (nSPS) is 26.5. The van der Waals surface area contributed by atoms with E-state index in [9.17, 15) is 39.9 Å². The zero-order valence-electron chi connectivity index (χ0n) is 27.6. The fourth-order valence-corrected chi connectivity index (χ4v) is 8.03. The topological polar surface area (TPSA) is 204 Å². The maximum Gasteiger partial charge on any atom is 0.255 e. The van der Waals surface area contributed by atoms with Crippen molar-refractivity contribution < 1.29 is 44.3 Å². The number of amides is 1. The molecular formula is C34H43N5O9. The summed E-state index contributed by atoms with van der Waals surface area (Å²) in [4.78, 5) is 48.0. The Balaban J connectivity index is 1.40. The summed E-state index contributed by atoms with van der Waals surface area (Å²) in [6.07, 6.45) is 0.193. The number of β-amino-alcohol motifs (C(OH)–C–C–N with tert-alkyl or cyclic N) is 1. The standard InChI is InChI=1S/C34H43N5O9/c1-36(2)22-15-20(23-6-5-18(48-23)16-39-9-7-38(8-10-39)11-12-40)28(41)25-19(22)13-17-14-21-27(37(3)4)30(43)26(33(35)46)32(45)34(21,47)31(44)24(17)29(25)42/h5-6,15,17,21,27,40-41,43-44,47H,7-14,16H2,1-4H3,(H2,35,46)/t17-,21-,27-,34-/m1/s1. The minimum Gasteiger partial charge on any atom is -0.510 e. The fourth-order valence-electron chi connectivity index (χ4n) is 8.03. The number of piperazine rings is 1. The molecule has 0 radical (unpaired) electrons. The number of fused-ring (bicyclic) bond motifs is 3. The van der Waals surface area contributed by atoms with Gasteiger partial charge in [-0.05, 0) is 56.6 Å². The first-order valence-electron chi connectivity index (χ1n) is 16.1. The number of carbonyl (C=O) groups excluding carboxylic acids is 3. The maximum absolute atomic E-state index is 14.4. The molecule has 1 aromatic carbocycles. The van der Waals surface area contributed by atoms with Crippen molar-refractivity contribution in [1.29, 1.82) is 0 Å². The molecule has 1 amide bonds. The summed E-state index contributed by atoms with van der Waals surface area (Å²) in [5.74, 6) is -5.93. The number of carbonyl (C=O) groups is 3. The van der Waals surface area contributed by atoms with E-state index in [1.54, 1.807) is 26.2 Å². The van der Waals surface area contributed by atoms with E-state index in [-0.39, 0.29) is 41.9 Å². The molecule has 0 spiro atoms. The Bertz CT molecular complexity index is 1740. The van der Waals surface area contributed by atoms with Crippen molar-refractivity contribution in [3.8, 4) is 17.1 Å². The van der Waals surface area contributed by atoms with Gasteiger partial charge in [0.25, 0.3) is 5.91 Å². The summed E-state index contributed by atoms with van der Waals surface area (Å²) in [5.41, 5.74) is 3.04. The Morgan fingerprint density at radius 3 is 2.33 bits per heavy atom. The van der Waals surface area contributed by atoms with E-state index in [1.807, 2.05) is 25.1 Å². The maximum atomic E-state index is 14.4. The summed E-state index contributed by atoms with van der Waals surface area (Å²) in [6.45, 7) is 4.57. The lowest BCUT2D eigenvalue weighted by Crippen LogP contribution is -2.63. The number of Topliss-reactive ketones (excluding diaryl/α,β-unsaturated/α-hetero) is 2. The van der Waals surface area contributed by atoms with Crippen LogP contribution in [0.3, 0.4) is 0 Å². The molecule has 2 aromatic rings. The Morgan fingerprint density at radius 2 is 1.73 bits per heavy atom. The second-order valence-corrected chi connectivity index (χ2v) is 13.6. The number of nitrogens with zero attached hydrogens (tertiary/aromatic N) is 4. The van der Waals surface area contributed by atoms with Crippen LogP contribution in [0.1, 0.15) is 28.1 Å². The number of rotatable bonds is 8. The first kappa shape index (κ1) is 33.7. The van der Waals surface area contributed by atoms with E-state index in [0.717, 1.165) is 26.2 Å². The second kappa shape index (κ2) is 12.3. The summed E-state index contributed by atoms with van der Waals surface area (Å²) < 4.78 is 6.19. The van der Waals surface area contributed by atoms with E-state index in [0.29, 0.717) is 35.9 Å². The van der Waals surface area contributed by atoms with Crippen molar-refractivity contribution in [2.24, 2.45) is 17.6 Å². The van der Waals surface area contributed by atoms with Crippen LogP contribution in [0.4, 0.5) is 5.69 Å². The third-order valence-electron chi connectivity index (χ3n) is 10.4. The largest absolute Gasteiger partial charge is 0.510 e. The monoisotopic (exact) mass is 665 g/mol. The highest BCUT2D eigenvalue weighted by molar-refractivity contribution is 6.25. The van der Waals surface area contributed by atoms with Gasteiger partial charge in [-0.2, -0.15) is 0 Å². The first-order chi connectivity index (χ1) is 22.7. The average Bonchev–Trinajstić information content (AvgIpc) is 3.47. The zero-order chi connectivity index (χ0) is 34.8. The lowest BCUT2D eigenvalue weighted by atomic mass is 9.58. The number of hydrogen-bond donors (Lipinski definition) is 6. The van der Waals surface area contributed by atoms with E-state index in [4.69, 9.17) is 10.2 Å². The number of hydrogen-bond acceptors (Lipinski definition) is 13. The molecule has 2 heterocycles. The molecule has 14 nitrogen and oxygen atoms in total. The molecule has 14 heteroatoms. The molecule has 4 atom stereocenters. The van der Waals surface area contributed by atoms with Crippen LogP contribution in [0.2, 0.25) is 0 Å². The molecule has 0 bridgehead atoms. The number of phenolic OH excluding ortho intramolecular Hbond substituents is 1. The minimum absolute atomic E-state index is 0.0109. The fraction of sp³-hybridized carbons (Fsp3) is 0.500. The number of benzene rings is 1. The molecule has 6 rings (SSSR count). The van der Waals surface area contributed by atoms with Crippen LogP contribution >= 0.6 is 0 Å². The molecule has 1 aliphatic heterocycles. The van der Waals surface area contributed by atoms with Gasteiger partial charge in [-0.3, -0.25) is 29.1 Å². The van der Waals surface area contributed by atoms with E-state index in [1.165, 1.54) is 4.90 Å². The molecule has 1 fully saturated rings. The van der Waals surface area contributed by atoms with Crippen LogP contribution in [0.5, 0.6) is 5.75 Å². The molecule has 7 N–H and O–H groups in total. The number of aromatic hydroxyl groups is 1. The second-order valence-electron chi connectivity index (χ2n) is 13.6. The van der Waals surface area contributed by atoms with Crippen LogP contribution in [-0.2, 0) is 22.6 Å². The zero-order valence-corrected chi connectivity index (χ0v) is 27.6. The van der Waals surface area contributed by atoms with Crippen molar-refractivity contribution in [3.63, 3.8) is 0 Å². The quantitative estimate of drug-likeness (QED) is 0.214. The first-order valence-corrected chi connectivity index (χ1v) is 16.1. The average molecular weight is 666 g/mol.